The number of carbonyl (C=O) groups excluding carboxylic acids is 2. The van der Waals surface area contributed by atoms with Crippen LogP contribution < -0.4 is 10.6 Å². The Bertz CT molecular complexity index is 1430. The average Bonchev–Trinajstić information content (AvgIpc) is 3.20. The van der Waals surface area contributed by atoms with E-state index in [0.29, 0.717) is 38.6 Å². The highest BCUT2D eigenvalue weighted by Crippen LogP contribution is 2.31. The Labute approximate surface area is 190 Å². The monoisotopic (exact) mass is 463 g/mol. The van der Waals surface area contributed by atoms with Crippen LogP contribution in [-0.2, 0) is 0 Å². The predicted octanol–water partition coefficient (Wildman–Crippen LogP) is 4.75. The van der Waals surface area contributed by atoms with Gasteiger partial charge in [0.1, 0.15) is 5.75 Å². The first-order valence-corrected chi connectivity index (χ1v) is 9.75. The van der Waals surface area contributed by atoms with Crippen molar-refractivity contribution in [2.24, 2.45) is 21.4 Å². The van der Waals surface area contributed by atoms with E-state index < -0.39 is 11.8 Å². The molecular formula is C21H14ClN7O4. The SMILES string of the molecule is Cc1ccc(Oc2nc3nc(-c4ccc(C(=O)N=NN)cc4)c(Cl)cc3[nH]2)cc1C(=O)N=O. The van der Waals surface area contributed by atoms with E-state index in [9.17, 15) is 14.5 Å². The zero-order chi connectivity index (χ0) is 23.5. The highest BCUT2D eigenvalue weighted by Gasteiger charge is 2.15. The largest absolute Gasteiger partial charge is 0.426 e. The van der Waals surface area contributed by atoms with Gasteiger partial charge in [0.15, 0.2) is 5.65 Å². The van der Waals surface area contributed by atoms with Crippen molar-refractivity contribution in [3.8, 4) is 23.0 Å². The molecule has 4 aromatic rings. The number of fused-ring (bicyclic) bond motifs is 1. The maximum atomic E-state index is 11.7. The Hall–Kier alpha value is -4.51. The van der Waals surface area contributed by atoms with Crippen LogP contribution in [0.5, 0.6) is 11.8 Å². The van der Waals surface area contributed by atoms with Crippen LogP contribution in [-0.4, -0.2) is 26.8 Å². The molecule has 33 heavy (non-hydrogen) atoms. The lowest BCUT2D eigenvalue weighted by atomic mass is 10.1. The number of aromatic amines is 1. The van der Waals surface area contributed by atoms with Gasteiger partial charge in [0.25, 0.3) is 5.91 Å². The van der Waals surface area contributed by atoms with Crippen LogP contribution >= 0.6 is 11.6 Å². The molecule has 0 saturated heterocycles. The zero-order valence-electron chi connectivity index (χ0n) is 16.9. The van der Waals surface area contributed by atoms with E-state index in [1.165, 1.54) is 6.07 Å². The normalized spacial score (nSPS) is 11.1. The quantitative estimate of drug-likeness (QED) is 0.186. The number of aromatic nitrogens is 3. The number of amides is 2. The van der Waals surface area contributed by atoms with Gasteiger partial charge >= 0.3 is 11.9 Å². The van der Waals surface area contributed by atoms with Crippen LogP contribution in [0.4, 0.5) is 0 Å². The van der Waals surface area contributed by atoms with Crippen molar-refractivity contribution in [1.29, 1.82) is 0 Å². The third kappa shape index (κ3) is 4.43. The number of benzene rings is 2. The minimum atomic E-state index is -0.889. The van der Waals surface area contributed by atoms with E-state index >= 15 is 0 Å². The molecule has 0 aliphatic carbocycles. The minimum absolute atomic E-state index is 0.111. The summed E-state index contributed by atoms with van der Waals surface area (Å²) in [5.74, 6) is 3.73. The molecule has 4 rings (SSSR count). The fourth-order valence-electron chi connectivity index (χ4n) is 3.08. The number of nitrogens with zero attached hydrogens (tertiary/aromatic N) is 5. The molecule has 0 aliphatic heterocycles. The van der Waals surface area contributed by atoms with Gasteiger partial charge in [0.05, 0.1) is 21.8 Å². The van der Waals surface area contributed by atoms with E-state index in [1.54, 1.807) is 49.4 Å². The number of hydrogen-bond acceptors (Lipinski definition) is 7. The lowest BCUT2D eigenvalue weighted by molar-refractivity contribution is 0.0988. The molecule has 0 atom stereocenters. The van der Waals surface area contributed by atoms with Gasteiger partial charge in [0, 0.05) is 16.3 Å². The van der Waals surface area contributed by atoms with Gasteiger partial charge in [-0.05, 0) is 42.8 Å². The van der Waals surface area contributed by atoms with Gasteiger partial charge in [-0.15, -0.1) is 4.91 Å². The van der Waals surface area contributed by atoms with Crippen molar-refractivity contribution in [2.45, 2.75) is 6.92 Å². The Morgan fingerprint density at radius 3 is 2.52 bits per heavy atom. The number of hydrogen-bond donors (Lipinski definition) is 2. The molecule has 0 saturated carbocycles. The smallest absolute Gasteiger partial charge is 0.317 e. The summed E-state index contributed by atoms with van der Waals surface area (Å²) < 4.78 is 5.69. The molecule has 2 aromatic carbocycles. The number of carbonyl (C=O) groups is 2. The number of imidazole rings is 1. The number of aryl methyl sites for hydroxylation is 1. The van der Waals surface area contributed by atoms with Gasteiger partial charge in [-0.25, -0.2) is 4.98 Å². The van der Waals surface area contributed by atoms with Crippen molar-refractivity contribution in [1.82, 2.24) is 15.0 Å². The topological polar surface area (TPSA) is 165 Å². The molecule has 3 N–H and O–H groups in total. The van der Waals surface area contributed by atoms with E-state index in [4.69, 9.17) is 22.2 Å². The van der Waals surface area contributed by atoms with Crippen molar-refractivity contribution < 1.29 is 14.3 Å². The van der Waals surface area contributed by atoms with Crippen molar-refractivity contribution in [3.63, 3.8) is 0 Å². The summed E-state index contributed by atoms with van der Waals surface area (Å²) in [6.45, 7) is 1.68. The first-order chi connectivity index (χ1) is 15.9. The number of pyridine rings is 1. The van der Waals surface area contributed by atoms with E-state index in [-0.39, 0.29) is 17.3 Å². The fourth-order valence-corrected chi connectivity index (χ4v) is 3.34. The summed E-state index contributed by atoms with van der Waals surface area (Å²) in [6.07, 6.45) is 0. The van der Waals surface area contributed by atoms with Crippen LogP contribution in [0.25, 0.3) is 22.4 Å². The predicted molar refractivity (Wildman–Crippen MR) is 119 cm³/mol. The van der Waals surface area contributed by atoms with E-state index in [2.05, 4.69) is 30.5 Å². The van der Waals surface area contributed by atoms with Crippen LogP contribution in [0.15, 0.2) is 64.0 Å². The Morgan fingerprint density at radius 1 is 1.06 bits per heavy atom. The number of nitrogens with two attached hydrogens (primary N) is 1. The van der Waals surface area contributed by atoms with Gasteiger partial charge in [-0.1, -0.05) is 40.1 Å². The molecule has 164 valence electrons. The molecule has 2 amide bonds. The number of nitrogens with one attached hydrogen (secondary N) is 1. The summed E-state index contributed by atoms with van der Waals surface area (Å²) in [4.78, 5) is 45.7. The first-order valence-electron chi connectivity index (χ1n) is 9.37. The molecular weight excluding hydrogens is 450 g/mol. The molecule has 0 spiro atoms. The number of halogens is 1. The van der Waals surface area contributed by atoms with Crippen molar-refractivity contribution in [3.05, 3.63) is 75.2 Å². The Kier molecular flexibility index (Phi) is 5.87. The van der Waals surface area contributed by atoms with Crippen molar-refractivity contribution in [2.75, 3.05) is 0 Å². The fraction of sp³-hybridized carbons (Fsp3) is 0.0476. The maximum Gasteiger partial charge on any atom is 0.317 e. The van der Waals surface area contributed by atoms with E-state index in [0.717, 1.165) is 0 Å². The third-order valence-electron chi connectivity index (χ3n) is 4.70. The molecule has 0 bridgehead atoms. The lowest BCUT2D eigenvalue weighted by Gasteiger charge is -2.05. The second-order valence-electron chi connectivity index (χ2n) is 6.81. The van der Waals surface area contributed by atoms with Gasteiger partial charge < -0.3 is 15.6 Å². The standard InChI is InChI=1S/C21H14ClN7O4/c1-10-2-7-13(8-14(10)20(31)28-32)33-21-24-16-9-15(22)17(25-18(16)26-21)11-3-5-12(6-4-11)19(30)27-29-23/h2-9H,1H3,(H2,23,27,30)(H,24,25,26). The highest BCUT2D eigenvalue weighted by molar-refractivity contribution is 6.33. The van der Waals surface area contributed by atoms with Crippen LogP contribution in [0.2, 0.25) is 5.02 Å². The third-order valence-corrected chi connectivity index (χ3v) is 4.98. The maximum absolute atomic E-state index is 11.7. The van der Waals surface area contributed by atoms with Crippen LogP contribution in [0.3, 0.4) is 0 Å². The van der Waals surface area contributed by atoms with Gasteiger partial charge in [0.2, 0.25) is 0 Å². The minimum Gasteiger partial charge on any atom is -0.426 e. The molecule has 11 nitrogen and oxygen atoms in total. The molecule has 0 unspecified atom stereocenters. The highest BCUT2D eigenvalue weighted by atomic mass is 35.5. The second-order valence-corrected chi connectivity index (χ2v) is 7.21. The van der Waals surface area contributed by atoms with Gasteiger partial charge in [-0.2, -0.15) is 4.98 Å². The number of rotatable bonds is 5. The first kappa shape index (κ1) is 21.7. The van der Waals surface area contributed by atoms with Crippen LogP contribution in [0.1, 0.15) is 26.3 Å². The molecule has 0 aliphatic rings. The van der Waals surface area contributed by atoms with Crippen molar-refractivity contribution >= 4 is 34.6 Å². The second kappa shape index (κ2) is 8.93. The molecule has 12 heteroatoms. The molecule has 0 fully saturated rings. The van der Waals surface area contributed by atoms with E-state index in [1.807, 2.05) is 0 Å². The number of H-pyrrole nitrogens is 1. The number of nitroso groups, excluding NO2 is 1. The summed E-state index contributed by atoms with van der Waals surface area (Å²) in [6, 6.07) is 12.9. The zero-order valence-corrected chi connectivity index (χ0v) is 17.7. The van der Waals surface area contributed by atoms with Gasteiger partial charge in [-0.3, -0.25) is 9.59 Å². The molecule has 2 aromatic heterocycles. The average molecular weight is 464 g/mol. The summed E-state index contributed by atoms with van der Waals surface area (Å²) in [5, 5.41) is 9.04. The number of ether oxygens (including phenoxy) is 1. The summed E-state index contributed by atoms with van der Waals surface area (Å²) >= 11 is 6.40. The summed E-state index contributed by atoms with van der Waals surface area (Å²) in [7, 11) is 0. The van der Waals surface area contributed by atoms with Crippen LogP contribution in [0, 0.1) is 11.8 Å². The Balaban J connectivity index is 1.64. The molecule has 2 heterocycles. The lowest BCUT2D eigenvalue weighted by Crippen LogP contribution is -1.98. The Morgan fingerprint density at radius 2 is 1.82 bits per heavy atom. The summed E-state index contributed by atoms with van der Waals surface area (Å²) in [5.41, 5.74) is 2.98. The molecule has 0 radical (unpaired) electrons.